The van der Waals surface area contributed by atoms with Crippen molar-refractivity contribution < 1.29 is 9.18 Å². The molecule has 1 aromatic carbocycles. The molecule has 4 N–H and O–H groups in total. The van der Waals surface area contributed by atoms with Gasteiger partial charge in [0.05, 0.1) is 11.1 Å². The van der Waals surface area contributed by atoms with E-state index in [9.17, 15) is 9.18 Å². The van der Waals surface area contributed by atoms with Crippen molar-refractivity contribution in [2.45, 2.75) is 24.8 Å². The fourth-order valence-electron chi connectivity index (χ4n) is 2.61. The van der Waals surface area contributed by atoms with Crippen LogP contribution in [0, 0.1) is 5.82 Å². The van der Waals surface area contributed by atoms with E-state index < -0.39 is 5.91 Å². The summed E-state index contributed by atoms with van der Waals surface area (Å²) in [5.41, 5.74) is 2.83. The Morgan fingerprint density at radius 3 is 2.55 bits per heavy atom. The van der Waals surface area contributed by atoms with Crippen LogP contribution in [0.4, 0.5) is 10.3 Å². The fraction of sp³-hybridized carbons (Fsp3) is 0.267. The van der Waals surface area contributed by atoms with Crippen LogP contribution in [-0.2, 0) is 5.54 Å². The lowest BCUT2D eigenvalue weighted by atomic mass is 9.72. The molecule has 2 aromatic rings. The monoisotopic (exact) mass is 301 g/mol. The van der Waals surface area contributed by atoms with Crippen LogP contribution in [0.1, 0.15) is 35.2 Å². The number of benzene rings is 1. The van der Waals surface area contributed by atoms with Crippen LogP contribution >= 0.6 is 0 Å². The van der Waals surface area contributed by atoms with E-state index in [-0.39, 0.29) is 16.9 Å². The Labute approximate surface area is 126 Å². The minimum Gasteiger partial charge on any atom is -0.345 e. The molecule has 22 heavy (non-hydrogen) atoms. The summed E-state index contributed by atoms with van der Waals surface area (Å²) in [5.74, 6) is 4.75. The quantitative estimate of drug-likeness (QED) is 0.454. The Morgan fingerprint density at radius 2 is 2.00 bits per heavy atom. The van der Waals surface area contributed by atoms with Gasteiger partial charge in [-0.15, -0.1) is 0 Å². The molecule has 114 valence electrons. The van der Waals surface area contributed by atoms with Crippen LogP contribution in [0.2, 0.25) is 0 Å². The molecule has 6 nitrogen and oxygen atoms in total. The topological polar surface area (TPSA) is 92.9 Å². The highest BCUT2D eigenvalue weighted by molar-refractivity contribution is 5.93. The van der Waals surface area contributed by atoms with Crippen molar-refractivity contribution in [1.82, 2.24) is 15.4 Å². The third-order valence-corrected chi connectivity index (χ3v) is 3.98. The van der Waals surface area contributed by atoms with Crippen molar-refractivity contribution in [3.8, 4) is 0 Å². The van der Waals surface area contributed by atoms with Crippen molar-refractivity contribution in [2.75, 3.05) is 5.32 Å². The van der Waals surface area contributed by atoms with Gasteiger partial charge in [-0.2, -0.15) is 0 Å². The Morgan fingerprint density at radius 1 is 1.27 bits per heavy atom. The molecule has 1 fully saturated rings. The number of nitrogens with zero attached hydrogens (tertiary/aromatic N) is 2. The second-order valence-corrected chi connectivity index (χ2v) is 5.34. The zero-order valence-corrected chi connectivity index (χ0v) is 11.8. The molecule has 1 heterocycles. The molecule has 0 spiro atoms. The van der Waals surface area contributed by atoms with E-state index in [2.05, 4.69) is 15.3 Å². The van der Waals surface area contributed by atoms with Gasteiger partial charge in [-0.25, -0.2) is 20.2 Å². The van der Waals surface area contributed by atoms with Crippen LogP contribution in [0.3, 0.4) is 0 Å². The van der Waals surface area contributed by atoms with E-state index >= 15 is 0 Å². The maximum absolute atomic E-state index is 13.5. The molecule has 1 saturated carbocycles. The molecule has 1 aliphatic rings. The van der Waals surface area contributed by atoms with Gasteiger partial charge in [0.15, 0.2) is 0 Å². The minimum atomic E-state index is -0.449. The van der Waals surface area contributed by atoms with Gasteiger partial charge in [-0.3, -0.25) is 10.2 Å². The number of halogens is 1. The minimum absolute atomic E-state index is 0.263. The average Bonchev–Trinajstić information content (AvgIpc) is 2.50. The van der Waals surface area contributed by atoms with Crippen LogP contribution in [-0.4, -0.2) is 15.9 Å². The van der Waals surface area contributed by atoms with Crippen LogP contribution < -0.4 is 16.6 Å². The van der Waals surface area contributed by atoms with E-state index in [1.807, 2.05) is 11.5 Å². The van der Waals surface area contributed by atoms with E-state index in [0.29, 0.717) is 5.95 Å². The Kier molecular flexibility index (Phi) is 3.72. The summed E-state index contributed by atoms with van der Waals surface area (Å²) in [6.45, 7) is 0. The summed E-state index contributed by atoms with van der Waals surface area (Å²) in [4.78, 5) is 19.6. The number of carbonyl (C=O) groups is 1. The molecule has 0 unspecified atom stereocenters. The number of hydrogen-bond donors (Lipinski definition) is 3. The van der Waals surface area contributed by atoms with Crippen molar-refractivity contribution >= 4 is 11.9 Å². The van der Waals surface area contributed by atoms with Gasteiger partial charge in [0, 0.05) is 12.4 Å². The molecular formula is C15H16FN5O. The first-order chi connectivity index (χ1) is 10.6. The summed E-state index contributed by atoms with van der Waals surface area (Å²) in [6, 6.07) is 6.54. The molecule has 1 aromatic heterocycles. The lowest BCUT2D eigenvalue weighted by Crippen LogP contribution is -2.42. The number of aromatic nitrogens is 2. The number of nitrogen functional groups attached to an aromatic ring is 1. The molecule has 1 aliphatic carbocycles. The molecule has 0 aliphatic heterocycles. The van der Waals surface area contributed by atoms with Crippen LogP contribution in [0.25, 0.3) is 0 Å². The van der Waals surface area contributed by atoms with Gasteiger partial charge < -0.3 is 5.32 Å². The van der Waals surface area contributed by atoms with Gasteiger partial charge in [0.1, 0.15) is 5.82 Å². The molecule has 0 atom stereocenters. The molecular weight excluding hydrogens is 285 g/mol. The summed E-state index contributed by atoms with van der Waals surface area (Å²) in [5, 5.41) is 3.27. The van der Waals surface area contributed by atoms with Crippen molar-refractivity contribution in [2.24, 2.45) is 5.84 Å². The second-order valence-electron chi connectivity index (χ2n) is 5.34. The van der Waals surface area contributed by atoms with Crippen molar-refractivity contribution in [3.63, 3.8) is 0 Å². The molecule has 1 amide bonds. The molecule has 0 radical (unpaired) electrons. The predicted molar refractivity (Wildman–Crippen MR) is 79.2 cm³/mol. The first-order valence-electron chi connectivity index (χ1n) is 7.00. The zero-order chi connectivity index (χ0) is 15.6. The van der Waals surface area contributed by atoms with Gasteiger partial charge in [0.2, 0.25) is 5.95 Å². The highest BCUT2D eigenvalue weighted by Gasteiger charge is 2.39. The number of rotatable bonds is 4. The largest absolute Gasteiger partial charge is 0.345 e. The smallest absolute Gasteiger partial charge is 0.268 e. The number of nitrogens with one attached hydrogen (secondary N) is 2. The summed E-state index contributed by atoms with van der Waals surface area (Å²) < 4.78 is 13.5. The van der Waals surface area contributed by atoms with Crippen molar-refractivity contribution in [3.05, 3.63) is 53.6 Å². The van der Waals surface area contributed by atoms with Gasteiger partial charge in [-0.1, -0.05) is 12.1 Å². The molecule has 3 rings (SSSR count). The highest BCUT2D eigenvalue weighted by Crippen LogP contribution is 2.43. The van der Waals surface area contributed by atoms with E-state index in [1.54, 1.807) is 6.07 Å². The third-order valence-electron chi connectivity index (χ3n) is 3.98. The van der Waals surface area contributed by atoms with Gasteiger partial charge in [0.25, 0.3) is 5.91 Å². The lowest BCUT2D eigenvalue weighted by molar-refractivity contribution is 0.0953. The average molecular weight is 301 g/mol. The Bertz CT molecular complexity index is 685. The highest BCUT2D eigenvalue weighted by atomic mass is 19.1. The standard InChI is InChI=1S/C15H16FN5O/c16-12-4-1-3-11(7-12)15(5-2-6-15)20-14-18-8-10(9-19-14)13(22)21-17/h1,3-4,7-9H,2,5-6,17H2,(H,21,22)(H,18,19,20). The summed E-state index contributed by atoms with van der Waals surface area (Å²) in [7, 11) is 0. The van der Waals surface area contributed by atoms with Crippen LogP contribution in [0.5, 0.6) is 0 Å². The first kappa shape index (κ1) is 14.4. The number of hydrogen-bond acceptors (Lipinski definition) is 5. The third kappa shape index (κ3) is 2.62. The maximum atomic E-state index is 13.5. The van der Waals surface area contributed by atoms with E-state index in [1.165, 1.54) is 24.5 Å². The summed E-state index contributed by atoms with van der Waals surface area (Å²) >= 11 is 0. The summed E-state index contributed by atoms with van der Waals surface area (Å²) in [6.07, 6.45) is 5.61. The first-order valence-corrected chi connectivity index (χ1v) is 7.00. The lowest BCUT2D eigenvalue weighted by Gasteiger charge is -2.43. The second kappa shape index (κ2) is 5.69. The molecule has 0 saturated heterocycles. The van der Waals surface area contributed by atoms with E-state index in [0.717, 1.165) is 24.8 Å². The number of carbonyl (C=O) groups excluding carboxylic acids is 1. The molecule has 7 heteroatoms. The Hall–Kier alpha value is -2.54. The fourth-order valence-corrected chi connectivity index (χ4v) is 2.61. The number of hydrazine groups is 1. The normalized spacial score (nSPS) is 15.7. The van der Waals surface area contributed by atoms with Gasteiger partial charge >= 0.3 is 0 Å². The SMILES string of the molecule is NNC(=O)c1cnc(NC2(c3cccc(F)c3)CCC2)nc1. The van der Waals surface area contributed by atoms with Gasteiger partial charge in [-0.05, 0) is 37.0 Å². The number of amides is 1. The maximum Gasteiger partial charge on any atom is 0.268 e. The molecule has 0 bridgehead atoms. The van der Waals surface area contributed by atoms with E-state index in [4.69, 9.17) is 5.84 Å². The Balaban J connectivity index is 1.82. The van der Waals surface area contributed by atoms with Crippen molar-refractivity contribution in [1.29, 1.82) is 0 Å². The number of nitrogens with two attached hydrogens (primary N) is 1. The number of anilines is 1. The van der Waals surface area contributed by atoms with Crippen LogP contribution in [0.15, 0.2) is 36.7 Å². The predicted octanol–water partition coefficient (Wildman–Crippen LogP) is 1.71. The zero-order valence-electron chi connectivity index (χ0n) is 11.8.